The van der Waals surface area contributed by atoms with E-state index < -0.39 is 0 Å². The molecule has 4 heteroatoms. The van der Waals surface area contributed by atoms with Crippen LogP contribution in [-0.4, -0.2) is 17.5 Å². The fraction of sp³-hybridized carbons (Fsp3) is 0.250. The Morgan fingerprint density at radius 2 is 2.42 bits per heavy atom. The van der Waals surface area contributed by atoms with Gasteiger partial charge >= 0.3 is 0 Å². The summed E-state index contributed by atoms with van der Waals surface area (Å²) in [5, 5.41) is 7.42. The molecule has 0 aliphatic heterocycles. The van der Waals surface area contributed by atoms with Gasteiger partial charge in [0.25, 0.3) is 0 Å². The molecule has 0 saturated heterocycles. The zero-order valence-corrected chi connectivity index (χ0v) is 8.26. The maximum Gasteiger partial charge on any atom is 0.232 e. The van der Waals surface area contributed by atoms with Crippen LogP contribution in [0.1, 0.15) is 12.6 Å². The number of ether oxygens (including phenoxy) is 1. The van der Waals surface area contributed by atoms with Crippen molar-refractivity contribution < 1.29 is 4.74 Å². The smallest absolute Gasteiger partial charge is 0.232 e. The largest absolute Gasteiger partial charge is 0.477 e. The number of rotatable bonds is 2. The monoisotopic (exact) mass is 228 g/mol. The van der Waals surface area contributed by atoms with Crippen LogP contribution in [0.5, 0.6) is 0 Å². The fourth-order valence-electron chi connectivity index (χ4n) is 0.753. The number of nitrogens with one attached hydrogen (secondary N) is 1. The van der Waals surface area contributed by atoms with Gasteiger partial charge in [0.15, 0.2) is 0 Å². The summed E-state index contributed by atoms with van der Waals surface area (Å²) in [5.74, 6) is 0.110. The minimum Gasteiger partial charge on any atom is -0.477 e. The van der Waals surface area contributed by atoms with Gasteiger partial charge < -0.3 is 4.74 Å². The lowest BCUT2D eigenvalue weighted by Gasteiger charge is -2.03. The first kappa shape index (κ1) is 9.19. The molecule has 0 unspecified atom stereocenters. The van der Waals surface area contributed by atoms with Crippen LogP contribution >= 0.6 is 15.9 Å². The second-order valence-electron chi connectivity index (χ2n) is 2.11. The van der Waals surface area contributed by atoms with Crippen LogP contribution in [0.4, 0.5) is 0 Å². The molecule has 0 spiro atoms. The molecule has 0 saturated carbocycles. The number of aromatic nitrogens is 1. The van der Waals surface area contributed by atoms with E-state index in [0.29, 0.717) is 16.9 Å². The van der Waals surface area contributed by atoms with E-state index in [2.05, 4.69) is 20.9 Å². The molecule has 0 fully saturated rings. The highest BCUT2D eigenvalue weighted by molar-refractivity contribution is 9.10. The van der Waals surface area contributed by atoms with Crippen molar-refractivity contribution in [1.82, 2.24) is 4.98 Å². The SMILES string of the molecule is CCOC(=N)c1cccc(Br)n1. The molecule has 0 amide bonds. The maximum atomic E-state index is 7.42. The van der Waals surface area contributed by atoms with Gasteiger partial charge in [0.05, 0.1) is 6.61 Å². The zero-order valence-electron chi connectivity index (χ0n) is 6.67. The van der Waals surface area contributed by atoms with Gasteiger partial charge in [-0.25, -0.2) is 4.98 Å². The van der Waals surface area contributed by atoms with Gasteiger partial charge in [-0.15, -0.1) is 0 Å². The van der Waals surface area contributed by atoms with Crippen LogP contribution in [0.25, 0.3) is 0 Å². The second kappa shape index (κ2) is 4.21. The average Bonchev–Trinajstić information content (AvgIpc) is 2.05. The Bertz CT molecular complexity index is 288. The van der Waals surface area contributed by atoms with Crippen LogP contribution in [0.3, 0.4) is 0 Å². The minimum atomic E-state index is 0.110. The highest BCUT2D eigenvalue weighted by Crippen LogP contribution is 2.06. The van der Waals surface area contributed by atoms with Gasteiger partial charge in [-0.05, 0) is 35.0 Å². The molecule has 64 valence electrons. The number of halogens is 1. The first-order valence-electron chi connectivity index (χ1n) is 3.58. The topological polar surface area (TPSA) is 46.0 Å². The standard InChI is InChI=1S/C8H9BrN2O/c1-2-12-8(10)6-4-3-5-7(9)11-6/h3-5,10H,2H2,1H3. The van der Waals surface area contributed by atoms with Crippen molar-refractivity contribution in [2.75, 3.05) is 6.61 Å². The Labute approximate surface area is 79.4 Å². The Morgan fingerprint density at radius 1 is 1.67 bits per heavy atom. The number of hydrogen-bond acceptors (Lipinski definition) is 3. The quantitative estimate of drug-likeness (QED) is 0.480. The highest BCUT2D eigenvalue weighted by Gasteiger charge is 2.02. The third kappa shape index (κ3) is 2.30. The fourth-order valence-corrected chi connectivity index (χ4v) is 1.10. The molecule has 1 aromatic heterocycles. The summed E-state index contributed by atoms with van der Waals surface area (Å²) in [6, 6.07) is 5.37. The van der Waals surface area contributed by atoms with Gasteiger partial charge in [0.2, 0.25) is 5.90 Å². The lowest BCUT2D eigenvalue weighted by molar-refractivity contribution is 0.324. The summed E-state index contributed by atoms with van der Waals surface area (Å²) >= 11 is 3.22. The van der Waals surface area contributed by atoms with E-state index in [1.165, 1.54) is 0 Å². The van der Waals surface area contributed by atoms with E-state index in [1.807, 2.05) is 19.1 Å². The zero-order chi connectivity index (χ0) is 8.97. The molecule has 1 heterocycles. The van der Waals surface area contributed by atoms with Gasteiger partial charge in [-0.1, -0.05) is 6.07 Å². The number of hydrogen-bond donors (Lipinski definition) is 1. The summed E-state index contributed by atoms with van der Waals surface area (Å²) in [6.45, 7) is 2.33. The molecule has 0 aliphatic rings. The van der Waals surface area contributed by atoms with E-state index in [4.69, 9.17) is 10.1 Å². The van der Waals surface area contributed by atoms with Crippen LogP contribution in [-0.2, 0) is 4.74 Å². The maximum absolute atomic E-state index is 7.42. The molecule has 0 aromatic carbocycles. The van der Waals surface area contributed by atoms with Crippen molar-refractivity contribution in [3.05, 3.63) is 28.5 Å². The number of nitrogens with zero attached hydrogens (tertiary/aromatic N) is 1. The summed E-state index contributed by atoms with van der Waals surface area (Å²) < 4.78 is 5.70. The Morgan fingerprint density at radius 3 is 3.00 bits per heavy atom. The Kier molecular flexibility index (Phi) is 3.22. The minimum absolute atomic E-state index is 0.110. The molecular formula is C8H9BrN2O. The first-order valence-corrected chi connectivity index (χ1v) is 4.37. The normalized spacial score (nSPS) is 9.50. The molecule has 0 aliphatic carbocycles. The van der Waals surface area contributed by atoms with Crippen LogP contribution in [0.15, 0.2) is 22.8 Å². The van der Waals surface area contributed by atoms with E-state index in [-0.39, 0.29) is 5.90 Å². The van der Waals surface area contributed by atoms with Crippen LogP contribution in [0.2, 0.25) is 0 Å². The molecule has 1 rings (SSSR count). The molecular weight excluding hydrogens is 220 g/mol. The van der Waals surface area contributed by atoms with Crippen molar-refractivity contribution in [2.45, 2.75) is 6.92 Å². The molecule has 12 heavy (non-hydrogen) atoms. The molecule has 1 aromatic rings. The predicted octanol–water partition coefficient (Wildman–Crippen LogP) is 2.21. The lowest BCUT2D eigenvalue weighted by atomic mass is 10.3. The third-order valence-electron chi connectivity index (χ3n) is 1.24. The van der Waals surface area contributed by atoms with E-state index in [1.54, 1.807) is 6.07 Å². The van der Waals surface area contributed by atoms with Crippen LogP contribution in [0, 0.1) is 5.41 Å². The van der Waals surface area contributed by atoms with Crippen molar-refractivity contribution >= 4 is 21.8 Å². The van der Waals surface area contributed by atoms with Gasteiger partial charge in [0, 0.05) is 0 Å². The first-order chi connectivity index (χ1) is 5.74. The molecule has 3 nitrogen and oxygen atoms in total. The summed E-state index contributed by atoms with van der Waals surface area (Å²) in [4.78, 5) is 4.06. The second-order valence-corrected chi connectivity index (χ2v) is 2.92. The Balaban J connectivity index is 2.81. The highest BCUT2D eigenvalue weighted by atomic mass is 79.9. The summed E-state index contributed by atoms with van der Waals surface area (Å²) in [6.07, 6.45) is 0. The third-order valence-corrected chi connectivity index (χ3v) is 1.68. The summed E-state index contributed by atoms with van der Waals surface area (Å²) in [5.41, 5.74) is 0.547. The van der Waals surface area contributed by atoms with E-state index in [0.717, 1.165) is 0 Å². The van der Waals surface area contributed by atoms with Crippen molar-refractivity contribution in [3.63, 3.8) is 0 Å². The van der Waals surface area contributed by atoms with Crippen LogP contribution < -0.4 is 0 Å². The molecule has 1 N–H and O–H groups in total. The molecule has 0 bridgehead atoms. The van der Waals surface area contributed by atoms with Gasteiger partial charge in [-0.2, -0.15) is 0 Å². The average molecular weight is 229 g/mol. The predicted molar refractivity (Wildman–Crippen MR) is 50.4 cm³/mol. The van der Waals surface area contributed by atoms with Crippen molar-refractivity contribution in [3.8, 4) is 0 Å². The number of pyridine rings is 1. The van der Waals surface area contributed by atoms with Crippen molar-refractivity contribution in [1.29, 1.82) is 5.41 Å². The van der Waals surface area contributed by atoms with Gasteiger partial charge in [0.1, 0.15) is 10.3 Å². The Hall–Kier alpha value is -0.900. The lowest BCUT2D eigenvalue weighted by Crippen LogP contribution is -2.06. The van der Waals surface area contributed by atoms with Gasteiger partial charge in [-0.3, -0.25) is 5.41 Å². The van der Waals surface area contributed by atoms with E-state index in [9.17, 15) is 0 Å². The molecule has 0 atom stereocenters. The molecule has 0 radical (unpaired) electrons. The van der Waals surface area contributed by atoms with Crippen molar-refractivity contribution in [2.24, 2.45) is 0 Å². The summed E-state index contributed by atoms with van der Waals surface area (Å²) in [7, 11) is 0. The van der Waals surface area contributed by atoms with E-state index >= 15 is 0 Å².